The van der Waals surface area contributed by atoms with E-state index in [1.165, 1.54) is 12.8 Å². The van der Waals surface area contributed by atoms with Crippen LogP contribution in [0.25, 0.3) is 0 Å². The van der Waals surface area contributed by atoms with Gasteiger partial charge in [0.15, 0.2) is 12.1 Å². The van der Waals surface area contributed by atoms with E-state index in [9.17, 15) is 4.79 Å². The predicted molar refractivity (Wildman–Crippen MR) is 52.5 cm³/mol. The Morgan fingerprint density at radius 3 is 3.20 bits per heavy atom. The summed E-state index contributed by atoms with van der Waals surface area (Å²) in [5, 5.41) is 5.98. The highest BCUT2D eigenvalue weighted by Crippen LogP contribution is 2.47. The number of amides is 1. The first kappa shape index (κ1) is 8.91. The van der Waals surface area contributed by atoms with Gasteiger partial charge in [-0.2, -0.15) is 0 Å². The van der Waals surface area contributed by atoms with Crippen LogP contribution in [-0.2, 0) is 0 Å². The summed E-state index contributed by atoms with van der Waals surface area (Å²) in [6.45, 7) is 1.03. The molecule has 5 heteroatoms. The highest BCUT2D eigenvalue weighted by Gasteiger charge is 2.50. The first-order chi connectivity index (χ1) is 7.31. The van der Waals surface area contributed by atoms with Crippen molar-refractivity contribution in [2.45, 2.75) is 18.4 Å². The van der Waals surface area contributed by atoms with Gasteiger partial charge in [0.2, 0.25) is 0 Å². The highest BCUT2D eigenvalue weighted by atomic mass is 16.3. The fourth-order valence-electron chi connectivity index (χ4n) is 2.65. The van der Waals surface area contributed by atoms with Crippen molar-refractivity contribution in [2.24, 2.45) is 5.92 Å². The van der Waals surface area contributed by atoms with E-state index < -0.39 is 0 Å². The van der Waals surface area contributed by atoms with Gasteiger partial charge in [0.25, 0.3) is 5.91 Å². The van der Waals surface area contributed by atoms with Crippen molar-refractivity contribution in [2.75, 3.05) is 13.6 Å². The Morgan fingerprint density at radius 2 is 2.60 bits per heavy atom. The van der Waals surface area contributed by atoms with E-state index in [0.717, 1.165) is 12.3 Å². The fourth-order valence-corrected chi connectivity index (χ4v) is 2.65. The first-order valence-corrected chi connectivity index (χ1v) is 5.20. The number of carbonyl (C=O) groups excluding carboxylic acids is 1. The van der Waals surface area contributed by atoms with Gasteiger partial charge in [-0.1, -0.05) is 0 Å². The lowest BCUT2D eigenvalue weighted by molar-refractivity contribution is 0.0954. The van der Waals surface area contributed by atoms with E-state index in [1.807, 2.05) is 0 Å². The van der Waals surface area contributed by atoms with Gasteiger partial charge >= 0.3 is 0 Å². The van der Waals surface area contributed by atoms with Crippen LogP contribution in [0.4, 0.5) is 0 Å². The molecular formula is C10H13N3O2. The van der Waals surface area contributed by atoms with Crippen molar-refractivity contribution in [1.82, 2.24) is 15.6 Å². The number of nitrogens with one attached hydrogen (secondary N) is 2. The molecule has 2 aliphatic heterocycles. The van der Waals surface area contributed by atoms with Gasteiger partial charge in [-0.05, 0) is 18.9 Å². The van der Waals surface area contributed by atoms with Crippen molar-refractivity contribution < 1.29 is 9.21 Å². The number of oxazole rings is 1. The average molecular weight is 207 g/mol. The van der Waals surface area contributed by atoms with Crippen LogP contribution in [0.5, 0.6) is 0 Å². The second kappa shape index (κ2) is 3.06. The quantitative estimate of drug-likeness (QED) is 0.722. The molecule has 1 amide bonds. The summed E-state index contributed by atoms with van der Waals surface area (Å²) in [5.74, 6) is 1.55. The zero-order valence-electron chi connectivity index (χ0n) is 8.49. The first-order valence-electron chi connectivity index (χ1n) is 5.20. The van der Waals surface area contributed by atoms with Gasteiger partial charge in [0.1, 0.15) is 5.76 Å². The molecule has 2 saturated heterocycles. The van der Waals surface area contributed by atoms with E-state index >= 15 is 0 Å². The Labute approximate surface area is 87.2 Å². The second-order valence-electron chi connectivity index (χ2n) is 4.18. The zero-order valence-corrected chi connectivity index (χ0v) is 8.49. The molecule has 3 heterocycles. The number of hydrogen-bond donors (Lipinski definition) is 2. The smallest absolute Gasteiger partial charge is 0.273 e. The van der Waals surface area contributed by atoms with Gasteiger partial charge < -0.3 is 15.1 Å². The van der Waals surface area contributed by atoms with E-state index in [2.05, 4.69) is 15.6 Å². The van der Waals surface area contributed by atoms with Crippen molar-refractivity contribution in [3.8, 4) is 0 Å². The maximum atomic E-state index is 11.5. The SMILES string of the molecule is CNC(=O)c1ncoc1C1C2CNC1C2. The molecule has 3 unspecified atom stereocenters. The van der Waals surface area contributed by atoms with E-state index in [0.29, 0.717) is 23.6 Å². The van der Waals surface area contributed by atoms with Crippen LogP contribution in [0.2, 0.25) is 0 Å². The molecule has 3 fully saturated rings. The minimum Gasteiger partial charge on any atom is -0.447 e. The Morgan fingerprint density at radius 1 is 1.73 bits per heavy atom. The van der Waals surface area contributed by atoms with Crippen molar-refractivity contribution in [3.63, 3.8) is 0 Å². The van der Waals surface area contributed by atoms with Crippen molar-refractivity contribution >= 4 is 5.91 Å². The molecule has 80 valence electrons. The van der Waals surface area contributed by atoms with Crippen LogP contribution in [0, 0.1) is 5.92 Å². The third-order valence-electron chi connectivity index (χ3n) is 3.48. The molecule has 0 radical (unpaired) electrons. The number of hydrogen-bond acceptors (Lipinski definition) is 4. The Hall–Kier alpha value is -1.36. The molecule has 2 bridgehead atoms. The molecular weight excluding hydrogens is 194 g/mol. The molecule has 15 heavy (non-hydrogen) atoms. The van der Waals surface area contributed by atoms with Gasteiger partial charge in [-0.3, -0.25) is 4.79 Å². The highest BCUT2D eigenvalue weighted by molar-refractivity contribution is 5.93. The van der Waals surface area contributed by atoms with Gasteiger partial charge in [-0.15, -0.1) is 0 Å². The molecule has 1 aromatic rings. The minimum atomic E-state index is -0.162. The Kier molecular flexibility index (Phi) is 1.82. The minimum absolute atomic E-state index is 0.162. The summed E-state index contributed by atoms with van der Waals surface area (Å²) < 4.78 is 5.36. The number of carbonyl (C=O) groups is 1. The predicted octanol–water partition coefficient (Wildman–Crippen LogP) is 0.109. The normalized spacial score (nSPS) is 32.5. The lowest BCUT2D eigenvalue weighted by Gasteiger charge is -2.32. The summed E-state index contributed by atoms with van der Waals surface area (Å²) >= 11 is 0. The number of nitrogens with zero attached hydrogens (tertiary/aromatic N) is 1. The van der Waals surface area contributed by atoms with Crippen LogP contribution < -0.4 is 10.6 Å². The molecule has 4 rings (SSSR count). The third-order valence-corrected chi connectivity index (χ3v) is 3.48. The Bertz CT molecular complexity index is 387. The van der Waals surface area contributed by atoms with Gasteiger partial charge in [-0.25, -0.2) is 4.98 Å². The second-order valence-corrected chi connectivity index (χ2v) is 4.18. The maximum Gasteiger partial charge on any atom is 0.273 e. The van der Waals surface area contributed by atoms with Crippen LogP contribution in [0.15, 0.2) is 10.8 Å². The molecule has 0 spiro atoms. The van der Waals surface area contributed by atoms with E-state index in [1.54, 1.807) is 7.05 Å². The van der Waals surface area contributed by atoms with Gasteiger partial charge in [0.05, 0.1) is 0 Å². The Balaban J connectivity index is 1.92. The van der Waals surface area contributed by atoms with Crippen molar-refractivity contribution in [3.05, 3.63) is 17.8 Å². The summed E-state index contributed by atoms with van der Waals surface area (Å²) in [6.07, 6.45) is 2.55. The topological polar surface area (TPSA) is 67.2 Å². The molecule has 1 saturated carbocycles. The zero-order chi connectivity index (χ0) is 10.4. The number of rotatable bonds is 2. The third kappa shape index (κ3) is 1.13. The summed E-state index contributed by atoms with van der Waals surface area (Å²) in [5.41, 5.74) is 0.445. The summed E-state index contributed by atoms with van der Waals surface area (Å²) in [4.78, 5) is 15.5. The summed E-state index contributed by atoms with van der Waals surface area (Å²) in [6, 6.07) is 0.478. The largest absolute Gasteiger partial charge is 0.447 e. The van der Waals surface area contributed by atoms with Crippen LogP contribution in [0.3, 0.4) is 0 Å². The monoisotopic (exact) mass is 207 g/mol. The molecule has 3 aliphatic rings. The maximum absolute atomic E-state index is 11.5. The summed E-state index contributed by atoms with van der Waals surface area (Å²) in [7, 11) is 1.61. The molecule has 3 atom stereocenters. The lowest BCUT2D eigenvalue weighted by Crippen LogP contribution is -2.36. The van der Waals surface area contributed by atoms with Crippen LogP contribution in [0.1, 0.15) is 28.6 Å². The molecule has 2 N–H and O–H groups in total. The standard InChI is InChI=1S/C10H13N3O2/c1-11-10(14)8-9(15-4-13-8)7-5-2-6(7)12-3-5/h4-7,12H,2-3H2,1H3,(H,11,14). The van der Waals surface area contributed by atoms with Crippen LogP contribution >= 0.6 is 0 Å². The van der Waals surface area contributed by atoms with Gasteiger partial charge in [0, 0.05) is 19.0 Å². The molecule has 1 aromatic heterocycles. The van der Waals surface area contributed by atoms with E-state index in [-0.39, 0.29) is 5.91 Å². The molecule has 1 aliphatic carbocycles. The lowest BCUT2D eigenvalue weighted by atomic mass is 9.72. The molecule has 0 aromatic carbocycles. The average Bonchev–Trinajstić information content (AvgIpc) is 2.90. The van der Waals surface area contributed by atoms with Crippen molar-refractivity contribution in [1.29, 1.82) is 0 Å². The number of fused-ring (bicyclic) bond motifs is 1. The molecule has 5 nitrogen and oxygen atoms in total. The fraction of sp³-hybridized carbons (Fsp3) is 0.600. The number of aromatic nitrogens is 1. The van der Waals surface area contributed by atoms with Crippen LogP contribution in [-0.4, -0.2) is 30.5 Å². The van der Waals surface area contributed by atoms with E-state index in [4.69, 9.17) is 4.42 Å².